The molecule has 0 unspecified atom stereocenters. The van der Waals surface area contributed by atoms with Gasteiger partial charge in [-0.15, -0.1) is 0 Å². The zero-order valence-electron chi connectivity index (χ0n) is 10.7. The molecule has 1 fully saturated rings. The predicted octanol–water partition coefficient (Wildman–Crippen LogP) is 2.87. The molecule has 2 heterocycles. The Balaban J connectivity index is 1.68. The Morgan fingerprint density at radius 3 is 2.53 bits per heavy atom. The number of benzene rings is 1. The number of ether oxygens (including phenoxy) is 1. The first-order valence-electron chi connectivity index (χ1n) is 6.41. The van der Waals surface area contributed by atoms with Crippen molar-refractivity contribution in [2.24, 2.45) is 4.99 Å². The molecule has 2 aromatic rings. The van der Waals surface area contributed by atoms with E-state index in [1.54, 1.807) is 18.7 Å². The van der Waals surface area contributed by atoms with Crippen molar-refractivity contribution in [2.45, 2.75) is 0 Å². The third-order valence-electron chi connectivity index (χ3n) is 3.13. The highest BCUT2D eigenvalue weighted by Crippen LogP contribution is 2.20. The molecule has 0 amide bonds. The third kappa shape index (κ3) is 3.03. The molecule has 4 nitrogen and oxygen atoms in total. The van der Waals surface area contributed by atoms with Gasteiger partial charge < -0.3 is 14.1 Å². The molecule has 0 atom stereocenters. The Morgan fingerprint density at radius 1 is 1.05 bits per heavy atom. The lowest BCUT2D eigenvalue weighted by molar-refractivity contribution is 0.122. The summed E-state index contributed by atoms with van der Waals surface area (Å²) in [5.41, 5.74) is 3.14. The maximum atomic E-state index is 5.35. The van der Waals surface area contributed by atoms with E-state index in [0.717, 1.165) is 37.6 Å². The molecule has 0 radical (unpaired) electrons. The highest BCUT2D eigenvalue weighted by atomic mass is 16.5. The highest BCUT2D eigenvalue weighted by molar-refractivity contribution is 5.81. The van der Waals surface area contributed by atoms with E-state index in [1.807, 2.05) is 18.2 Å². The van der Waals surface area contributed by atoms with Gasteiger partial charge in [0.25, 0.3) is 0 Å². The van der Waals surface area contributed by atoms with E-state index in [9.17, 15) is 0 Å². The van der Waals surface area contributed by atoms with Crippen molar-refractivity contribution in [2.75, 3.05) is 31.2 Å². The fraction of sp³-hybridized carbons (Fsp3) is 0.267. The van der Waals surface area contributed by atoms with E-state index < -0.39 is 0 Å². The Labute approximate surface area is 112 Å². The average Bonchev–Trinajstić information content (AvgIpc) is 3.00. The minimum Gasteiger partial charge on any atom is -0.472 e. The van der Waals surface area contributed by atoms with E-state index in [4.69, 9.17) is 9.15 Å². The van der Waals surface area contributed by atoms with Crippen LogP contribution in [0.5, 0.6) is 0 Å². The van der Waals surface area contributed by atoms with E-state index in [2.05, 4.69) is 22.0 Å². The summed E-state index contributed by atoms with van der Waals surface area (Å²) >= 11 is 0. The number of hydrogen-bond donors (Lipinski definition) is 0. The van der Waals surface area contributed by atoms with Crippen molar-refractivity contribution in [3.05, 3.63) is 48.4 Å². The van der Waals surface area contributed by atoms with Gasteiger partial charge in [0, 0.05) is 30.6 Å². The summed E-state index contributed by atoms with van der Waals surface area (Å²) in [6, 6.07) is 10.1. The Bertz CT molecular complexity index is 526. The van der Waals surface area contributed by atoms with Crippen LogP contribution in [0.4, 0.5) is 11.4 Å². The zero-order chi connectivity index (χ0) is 12.9. The van der Waals surface area contributed by atoms with Crippen LogP contribution in [-0.4, -0.2) is 32.5 Å². The first-order valence-corrected chi connectivity index (χ1v) is 6.41. The predicted molar refractivity (Wildman–Crippen MR) is 75.4 cm³/mol. The number of nitrogens with zero attached hydrogens (tertiary/aromatic N) is 2. The Hall–Kier alpha value is -2.07. The number of anilines is 1. The normalized spacial score (nSPS) is 16.1. The van der Waals surface area contributed by atoms with Gasteiger partial charge in [-0.3, -0.25) is 4.99 Å². The molecule has 4 heteroatoms. The van der Waals surface area contributed by atoms with Gasteiger partial charge in [0.15, 0.2) is 0 Å². The number of hydrogen-bond acceptors (Lipinski definition) is 4. The van der Waals surface area contributed by atoms with Crippen LogP contribution in [0, 0.1) is 0 Å². The molecule has 0 bridgehead atoms. The number of furan rings is 1. The standard InChI is InChI=1S/C15H16N2O2/c1-3-15(17-6-9-18-10-7-17)4-2-14(1)16-11-13-5-8-19-12-13/h1-5,8,11-12H,6-7,9-10H2. The number of morpholine rings is 1. The molecule has 0 N–H and O–H groups in total. The van der Waals surface area contributed by atoms with Gasteiger partial charge in [0.1, 0.15) is 0 Å². The molecule has 0 aliphatic carbocycles. The van der Waals surface area contributed by atoms with Gasteiger partial charge >= 0.3 is 0 Å². The van der Waals surface area contributed by atoms with Crippen LogP contribution in [0.2, 0.25) is 0 Å². The van der Waals surface area contributed by atoms with Gasteiger partial charge in [0.2, 0.25) is 0 Å². The average molecular weight is 256 g/mol. The summed E-state index contributed by atoms with van der Waals surface area (Å²) in [6.07, 6.45) is 5.11. The first kappa shape index (κ1) is 12.0. The maximum Gasteiger partial charge on any atom is 0.0990 e. The van der Waals surface area contributed by atoms with Crippen molar-refractivity contribution in [3.63, 3.8) is 0 Å². The van der Waals surface area contributed by atoms with Crippen LogP contribution in [-0.2, 0) is 4.74 Å². The highest BCUT2D eigenvalue weighted by Gasteiger charge is 2.10. The largest absolute Gasteiger partial charge is 0.472 e. The second-order valence-electron chi connectivity index (χ2n) is 4.43. The zero-order valence-corrected chi connectivity index (χ0v) is 10.7. The summed E-state index contributed by atoms with van der Waals surface area (Å²) in [5, 5.41) is 0. The summed E-state index contributed by atoms with van der Waals surface area (Å²) in [5.74, 6) is 0. The van der Waals surface area contributed by atoms with Gasteiger partial charge in [-0.25, -0.2) is 0 Å². The number of aliphatic imine (C=N–C) groups is 1. The molecular formula is C15H16N2O2. The fourth-order valence-electron chi connectivity index (χ4n) is 2.07. The molecule has 3 rings (SSSR count). The van der Waals surface area contributed by atoms with Crippen LogP contribution in [0.15, 0.2) is 52.3 Å². The van der Waals surface area contributed by atoms with Crippen molar-refractivity contribution in [3.8, 4) is 0 Å². The molecule has 0 saturated carbocycles. The van der Waals surface area contributed by atoms with Crippen molar-refractivity contribution < 1.29 is 9.15 Å². The van der Waals surface area contributed by atoms with Crippen LogP contribution in [0.1, 0.15) is 5.56 Å². The summed E-state index contributed by atoms with van der Waals surface area (Å²) in [4.78, 5) is 6.73. The maximum absolute atomic E-state index is 5.35. The first-order chi connectivity index (χ1) is 9.42. The smallest absolute Gasteiger partial charge is 0.0990 e. The van der Waals surface area contributed by atoms with E-state index in [0.29, 0.717) is 0 Å². The lowest BCUT2D eigenvalue weighted by Gasteiger charge is -2.28. The van der Waals surface area contributed by atoms with Gasteiger partial charge in [-0.05, 0) is 30.3 Å². The summed E-state index contributed by atoms with van der Waals surface area (Å²) in [6.45, 7) is 3.52. The summed E-state index contributed by atoms with van der Waals surface area (Å²) in [7, 11) is 0. The molecule has 1 aliphatic rings. The van der Waals surface area contributed by atoms with Crippen molar-refractivity contribution in [1.29, 1.82) is 0 Å². The van der Waals surface area contributed by atoms with Gasteiger partial charge in [-0.1, -0.05) is 0 Å². The van der Waals surface area contributed by atoms with Crippen LogP contribution < -0.4 is 4.90 Å². The van der Waals surface area contributed by atoms with Crippen molar-refractivity contribution in [1.82, 2.24) is 0 Å². The molecule has 0 spiro atoms. The summed E-state index contributed by atoms with van der Waals surface area (Å²) < 4.78 is 10.3. The molecule has 1 saturated heterocycles. The fourth-order valence-corrected chi connectivity index (χ4v) is 2.07. The SMILES string of the molecule is C(=Nc1ccc(N2CCOCC2)cc1)c1ccoc1. The second kappa shape index (κ2) is 5.71. The minimum absolute atomic E-state index is 0.806. The van der Waals surface area contributed by atoms with E-state index in [-0.39, 0.29) is 0 Å². The van der Waals surface area contributed by atoms with Crippen LogP contribution in [0.25, 0.3) is 0 Å². The number of rotatable bonds is 3. The second-order valence-corrected chi connectivity index (χ2v) is 4.43. The molecule has 1 aromatic heterocycles. The van der Waals surface area contributed by atoms with Gasteiger partial charge in [-0.2, -0.15) is 0 Å². The Morgan fingerprint density at radius 2 is 1.84 bits per heavy atom. The topological polar surface area (TPSA) is 38.0 Å². The molecule has 98 valence electrons. The quantitative estimate of drug-likeness (QED) is 0.792. The minimum atomic E-state index is 0.806. The van der Waals surface area contributed by atoms with Gasteiger partial charge in [0.05, 0.1) is 31.4 Å². The molecule has 1 aliphatic heterocycles. The van der Waals surface area contributed by atoms with Crippen LogP contribution in [0.3, 0.4) is 0 Å². The monoisotopic (exact) mass is 256 g/mol. The lowest BCUT2D eigenvalue weighted by atomic mass is 10.2. The molecule has 1 aromatic carbocycles. The van der Waals surface area contributed by atoms with E-state index >= 15 is 0 Å². The lowest BCUT2D eigenvalue weighted by Crippen LogP contribution is -2.36. The van der Waals surface area contributed by atoms with Crippen LogP contribution >= 0.6 is 0 Å². The molecule has 19 heavy (non-hydrogen) atoms. The Kier molecular flexibility index (Phi) is 3.61. The molecular weight excluding hydrogens is 240 g/mol. The third-order valence-corrected chi connectivity index (χ3v) is 3.13. The van der Waals surface area contributed by atoms with Crippen molar-refractivity contribution >= 4 is 17.6 Å². The van der Waals surface area contributed by atoms with E-state index in [1.165, 1.54) is 5.69 Å².